The lowest BCUT2D eigenvalue weighted by atomic mass is 9.81. The van der Waals surface area contributed by atoms with Crippen LogP contribution in [0.1, 0.15) is 55.2 Å². The van der Waals surface area contributed by atoms with Crippen molar-refractivity contribution in [2.75, 3.05) is 6.54 Å². The Morgan fingerprint density at radius 1 is 1.28 bits per heavy atom. The number of nitrogens with two attached hydrogens (primary N) is 3. The smallest absolute Gasteiger partial charge is 0.0307 e. The normalized spacial score (nSPS) is 25.9. The van der Waals surface area contributed by atoms with Crippen molar-refractivity contribution >= 4 is 0 Å². The van der Waals surface area contributed by atoms with Gasteiger partial charge < -0.3 is 17.2 Å². The number of hydrogen-bond donors (Lipinski definition) is 3. The van der Waals surface area contributed by atoms with Crippen LogP contribution in [0.25, 0.3) is 0 Å². The van der Waals surface area contributed by atoms with E-state index in [2.05, 4.69) is 24.3 Å². The maximum absolute atomic E-state index is 6.13. The van der Waals surface area contributed by atoms with Crippen LogP contribution in [0.3, 0.4) is 0 Å². The Kier molecular flexibility index (Phi) is 4.75. The minimum atomic E-state index is 0.0622. The summed E-state index contributed by atoms with van der Waals surface area (Å²) in [5, 5.41) is 0. The molecule has 0 spiro atoms. The largest absolute Gasteiger partial charge is 0.330 e. The SMILES string of the molecule is NCCC(N)c1cccc(C2CCCC(N)C2)c1. The molecule has 0 bridgehead atoms. The zero-order valence-corrected chi connectivity index (χ0v) is 11.0. The summed E-state index contributed by atoms with van der Waals surface area (Å²) in [6, 6.07) is 9.11. The first-order valence-corrected chi connectivity index (χ1v) is 7.01. The lowest BCUT2D eigenvalue weighted by Gasteiger charge is -2.27. The van der Waals surface area contributed by atoms with Crippen molar-refractivity contribution in [2.45, 2.75) is 50.1 Å². The molecule has 1 aliphatic carbocycles. The summed E-state index contributed by atoms with van der Waals surface area (Å²) in [4.78, 5) is 0. The highest BCUT2D eigenvalue weighted by molar-refractivity contribution is 5.29. The zero-order chi connectivity index (χ0) is 13.0. The Morgan fingerprint density at radius 2 is 2.11 bits per heavy atom. The molecule has 0 heterocycles. The molecule has 1 fully saturated rings. The van der Waals surface area contributed by atoms with Gasteiger partial charge in [-0.3, -0.25) is 0 Å². The van der Waals surface area contributed by atoms with Gasteiger partial charge in [0.1, 0.15) is 0 Å². The third-order valence-corrected chi connectivity index (χ3v) is 4.00. The van der Waals surface area contributed by atoms with Crippen molar-refractivity contribution in [3.63, 3.8) is 0 Å². The molecule has 3 unspecified atom stereocenters. The molecule has 0 amide bonds. The van der Waals surface area contributed by atoms with Gasteiger partial charge in [-0.25, -0.2) is 0 Å². The lowest BCUT2D eigenvalue weighted by molar-refractivity contribution is 0.393. The average Bonchev–Trinajstić information content (AvgIpc) is 2.39. The summed E-state index contributed by atoms with van der Waals surface area (Å²) in [7, 11) is 0. The summed E-state index contributed by atoms with van der Waals surface area (Å²) in [5.74, 6) is 0.610. The molecule has 6 N–H and O–H groups in total. The highest BCUT2D eigenvalue weighted by Crippen LogP contribution is 2.33. The minimum absolute atomic E-state index is 0.0622. The van der Waals surface area contributed by atoms with E-state index in [1.165, 1.54) is 30.4 Å². The zero-order valence-electron chi connectivity index (χ0n) is 11.0. The van der Waals surface area contributed by atoms with E-state index in [9.17, 15) is 0 Å². The summed E-state index contributed by atoms with van der Waals surface area (Å²) in [5.41, 5.74) is 20.4. The van der Waals surface area contributed by atoms with Gasteiger partial charge in [0.15, 0.2) is 0 Å². The molecule has 0 saturated heterocycles. The lowest BCUT2D eigenvalue weighted by Crippen LogP contribution is -2.27. The summed E-state index contributed by atoms with van der Waals surface area (Å²) in [6.07, 6.45) is 5.61. The topological polar surface area (TPSA) is 78.1 Å². The summed E-state index contributed by atoms with van der Waals surface area (Å²) in [6.45, 7) is 0.639. The molecule has 2 rings (SSSR count). The highest BCUT2D eigenvalue weighted by Gasteiger charge is 2.21. The van der Waals surface area contributed by atoms with Gasteiger partial charge in [0.25, 0.3) is 0 Å². The van der Waals surface area contributed by atoms with E-state index in [1.807, 2.05) is 0 Å². The van der Waals surface area contributed by atoms with Crippen LogP contribution in [0, 0.1) is 0 Å². The van der Waals surface area contributed by atoms with Gasteiger partial charge in [-0.05, 0) is 49.3 Å². The first-order chi connectivity index (χ1) is 8.70. The van der Waals surface area contributed by atoms with Crippen LogP contribution in [-0.4, -0.2) is 12.6 Å². The monoisotopic (exact) mass is 247 g/mol. The maximum Gasteiger partial charge on any atom is 0.0307 e. The molecule has 1 saturated carbocycles. The fraction of sp³-hybridized carbons (Fsp3) is 0.600. The fourth-order valence-corrected chi connectivity index (χ4v) is 2.92. The molecular weight excluding hydrogens is 222 g/mol. The first-order valence-electron chi connectivity index (χ1n) is 7.01. The Bertz CT molecular complexity index is 378. The van der Waals surface area contributed by atoms with Crippen LogP contribution in [0.5, 0.6) is 0 Å². The number of rotatable bonds is 4. The molecular formula is C15H25N3. The van der Waals surface area contributed by atoms with Crippen molar-refractivity contribution in [1.29, 1.82) is 0 Å². The van der Waals surface area contributed by atoms with Gasteiger partial charge >= 0.3 is 0 Å². The Hall–Kier alpha value is -0.900. The van der Waals surface area contributed by atoms with Gasteiger partial charge in [-0.15, -0.1) is 0 Å². The van der Waals surface area contributed by atoms with Crippen molar-refractivity contribution < 1.29 is 0 Å². The second-order valence-electron chi connectivity index (χ2n) is 5.48. The Labute approximate surface area is 110 Å². The number of hydrogen-bond acceptors (Lipinski definition) is 3. The second-order valence-corrected chi connectivity index (χ2v) is 5.48. The summed E-state index contributed by atoms with van der Waals surface area (Å²) >= 11 is 0. The van der Waals surface area contributed by atoms with Crippen molar-refractivity contribution in [1.82, 2.24) is 0 Å². The van der Waals surface area contributed by atoms with Gasteiger partial charge in [0.05, 0.1) is 0 Å². The minimum Gasteiger partial charge on any atom is -0.330 e. The Morgan fingerprint density at radius 3 is 2.83 bits per heavy atom. The van der Waals surface area contributed by atoms with Gasteiger partial charge in [0.2, 0.25) is 0 Å². The predicted octanol–water partition coefficient (Wildman–Crippen LogP) is 2.02. The quantitative estimate of drug-likeness (QED) is 0.761. The average molecular weight is 247 g/mol. The molecule has 0 aromatic heterocycles. The molecule has 1 aromatic rings. The molecule has 3 nitrogen and oxygen atoms in total. The first kappa shape index (κ1) is 13.5. The van der Waals surface area contributed by atoms with Crippen LogP contribution in [0.4, 0.5) is 0 Å². The van der Waals surface area contributed by atoms with Crippen molar-refractivity contribution in [3.05, 3.63) is 35.4 Å². The van der Waals surface area contributed by atoms with E-state index < -0.39 is 0 Å². The second kappa shape index (κ2) is 6.32. The fourth-order valence-electron chi connectivity index (χ4n) is 2.92. The van der Waals surface area contributed by atoms with E-state index in [4.69, 9.17) is 17.2 Å². The van der Waals surface area contributed by atoms with Crippen LogP contribution in [0.2, 0.25) is 0 Å². The van der Waals surface area contributed by atoms with Crippen molar-refractivity contribution in [3.8, 4) is 0 Å². The third kappa shape index (κ3) is 3.31. The molecule has 1 aromatic carbocycles. The van der Waals surface area contributed by atoms with Gasteiger partial charge in [0, 0.05) is 12.1 Å². The molecule has 3 atom stereocenters. The molecule has 0 radical (unpaired) electrons. The molecule has 100 valence electrons. The van der Waals surface area contributed by atoms with Crippen LogP contribution >= 0.6 is 0 Å². The molecule has 1 aliphatic rings. The van der Waals surface area contributed by atoms with E-state index >= 15 is 0 Å². The van der Waals surface area contributed by atoms with Gasteiger partial charge in [-0.2, -0.15) is 0 Å². The Balaban J connectivity index is 2.11. The van der Waals surface area contributed by atoms with Crippen LogP contribution < -0.4 is 17.2 Å². The van der Waals surface area contributed by atoms with Gasteiger partial charge in [-0.1, -0.05) is 30.7 Å². The van der Waals surface area contributed by atoms with E-state index in [0.29, 0.717) is 18.5 Å². The molecule has 3 heteroatoms. The van der Waals surface area contributed by atoms with E-state index in [1.54, 1.807) is 0 Å². The van der Waals surface area contributed by atoms with Crippen LogP contribution in [-0.2, 0) is 0 Å². The maximum atomic E-state index is 6.13. The molecule has 0 aliphatic heterocycles. The van der Waals surface area contributed by atoms with E-state index in [0.717, 1.165) is 12.8 Å². The molecule has 18 heavy (non-hydrogen) atoms. The standard InChI is InChI=1S/C15H25N3/c16-8-7-15(18)13-5-1-3-11(9-13)12-4-2-6-14(17)10-12/h1,3,5,9,12,14-15H,2,4,6-8,10,16-18H2. The van der Waals surface area contributed by atoms with Crippen LogP contribution in [0.15, 0.2) is 24.3 Å². The predicted molar refractivity (Wildman–Crippen MR) is 76.2 cm³/mol. The van der Waals surface area contributed by atoms with E-state index in [-0.39, 0.29) is 6.04 Å². The third-order valence-electron chi connectivity index (χ3n) is 4.00. The highest BCUT2D eigenvalue weighted by atomic mass is 14.7. The number of benzene rings is 1. The summed E-state index contributed by atoms with van der Waals surface area (Å²) < 4.78 is 0. The van der Waals surface area contributed by atoms with Crippen molar-refractivity contribution in [2.24, 2.45) is 17.2 Å².